The second-order valence-corrected chi connectivity index (χ2v) is 5.53. The van der Waals surface area contributed by atoms with Crippen LogP contribution in [0.25, 0.3) is 0 Å². The van der Waals surface area contributed by atoms with Crippen LogP contribution in [0, 0.1) is 5.82 Å². The molecule has 0 aliphatic carbocycles. The Bertz CT molecular complexity index is 722. The number of anilines is 1. The van der Waals surface area contributed by atoms with Crippen molar-refractivity contribution < 1.29 is 14.0 Å². The zero-order chi connectivity index (χ0) is 16.6. The van der Waals surface area contributed by atoms with E-state index < -0.39 is 6.04 Å². The van der Waals surface area contributed by atoms with Gasteiger partial charge >= 0.3 is 0 Å². The lowest BCUT2D eigenvalue weighted by atomic mass is 10.1. The second-order valence-electron chi connectivity index (χ2n) is 5.53. The van der Waals surface area contributed by atoms with Crippen LogP contribution in [0.1, 0.15) is 20.3 Å². The maximum atomic E-state index is 12.9. The molecule has 1 aromatic rings. The molecule has 2 aliphatic heterocycles. The maximum absolute atomic E-state index is 12.9. The Balaban J connectivity index is 1.80. The number of amides is 2. The highest BCUT2D eigenvalue weighted by Gasteiger charge is 2.39. The van der Waals surface area contributed by atoms with Gasteiger partial charge in [-0.15, -0.1) is 0 Å². The summed E-state index contributed by atoms with van der Waals surface area (Å²) in [5, 5.41) is 6.84. The third-order valence-corrected chi connectivity index (χ3v) is 3.50. The van der Waals surface area contributed by atoms with Crippen LogP contribution in [-0.4, -0.2) is 28.8 Å². The Labute approximate surface area is 132 Å². The van der Waals surface area contributed by atoms with Gasteiger partial charge in [0.25, 0.3) is 0 Å². The van der Waals surface area contributed by atoms with Crippen LogP contribution in [-0.2, 0) is 9.59 Å². The first-order valence-electron chi connectivity index (χ1n) is 7.12. The van der Waals surface area contributed by atoms with Gasteiger partial charge in [0, 0.05) is 5.69 Å². The zero-order valence-electron chi connectivity index (χ0n) is 12.7. The van der Waals surface area contributed by atoms with Crippen molar-refractivity contribution in [3.63, 3.8) is 0 Å². The molecular formula is C15H16FN5O2. The molecule has 0 spiro atoms. The summed E-state index contributed by atoms with van der Waals surface area (Å²) < 4.78 is 12.9. The van der Waals surface area contributed by atoms with E-state index in [1.165, 1.54) is 29.3 Å². The molecule has 7 nitrogen and oxygen atoms in total. The lowest BCUT2D eigenvalue weighted by molar-refractivity contribution is -0.129. The van der Waals surface area contributed by atoms with Crippen molar-refractivity contribution in [3.8, 4) is 0 Å². The molecular weight excluding hydrogens is 301 g/mol. The van der Waals surface area contributed by atoms with Gasteiger partial charge in [0.05, 0.1) is 6.42 Å². The zero-order valence-corrected chi connectivity index (χ0v) is 12.7. The van der Waals surface area contributed by atoms with Crippen LogP contribution in [0.3, 0.4) is 0 Å². The highest BCUT2D eigenvalue weighted by atomic mass is 19.1. The summed E-state index contributed by atoms with van der Waals surface area (Å²) in [6.45, 7) is 3.75. The van der Waals surface area contributed by atoms with Gasteiger partial charge in [0.2, 0.25) is 17.8 Å². The summed E-state index contributed by atoms with van der Waals surface area (Å²) in [6, 6.07) is 4.69. The number of hydrazine groups is 1. The van der Waals surface area contributed by atoms with Gasteiger partial charge in [-0.05, 0) is 43.7 Å². The first-order valence-corrected chi connectivity index (χ1v) is 7.12. The average Bonchev–Trinajstić information content (AvgIpc) is 2.92. The lowest BCUT2D eigenvalue weighted by Gasteiger charge is -2.32. The molecule has 2 aliphatic rings. The Morgan fingerprint density at radius 2 is 2.04 bits per heavy atom. The number of hydrogen-bond acceptors (Lipinski definition) is 5. The highest BCUT2D eigenvalue weighted by Crippen LogP contribution is 2.19. The molecule has 1 aromatic carbocycles. The second kappa shape index (κ2) is 5.71. The fourth-order valence-corrected chi connectivity index (χ4v) is 2.30. The number of fused-ring (bicyclic) bond motifs is 1. The molecule has 1 atom stereocenters. The molecule has 3 rings (SSSR count). The summed E-state index contributed by atoms with van der Waals surface area (Å²) >= 11 is 0. The van der Waals surface area contributed by atoms with Crippen LogP contribution in [0.15, 0.2) is 40.7 Å². The minimum absolute atomic E-state index is 0.00487. The van der Waals surface area contributed by atoms with Gasteiger partial charge in [0.15, 0.2) is 0 Å². The number of allylic oxidation sites excluding steroid dienone is 1. The van der Waals surface area contributed by atoms with Gasteiger partial charge in [-0.3, -0.25) is 20.3 Å². The largest absolute Gasteiger partial charge is 0.324 e. The topological polar surface area (TPSA) is 85.8 Å². The van der Waals surface area contributed by atoms with Crippen molar-refractivity contribution in [1.29, 1.82) is 0 Å². The number of aliphatic imine (C=N–C) groups is 1. The molecule has 1 fully saturated rings. The number of nitrogens with zero attached hydrogens (tertiary/aromatic N) is 2. The van der Waals surface area contributed by atoms with Crippen LogP contribution >= 0.6 is 0 Å². The molecule has 0 aromatic heterocycles. The Morgan fingerprint density at radius 3 is 2.70 bits per heavy atom. The monoisotopic (exact) mass is 317 g/mol. The first kappa shape index (κ1) is 15.0. The highest BCUT2D eigenvalue weighted by molar-refractivity contribution is 6.07. The molecule has 0 radical (unpaired) electrons. The van der Waals surface area contributed by atoms with Crippen LogP contribution in [0.2, 0.25) is 0 Å². The Hall–Kier alpha value is -2.90. The van der Waals surface area contributed by atoms with Gasteiger partial charge in [-0.25, -0.2) is 9.40 Å². The van der Waals surface area contributed by atoms with E-state index in [1.807, 2.05) is 13.8 Å². The summed E-state index contributed by atoms with van der Waals surface area (Å²) in [5.41, 5.74) is 4.40. The summed E-state index contributed by atoms with van der Waals surface area (Å²) in [6.07, 6.45) is -0.00487. The minimum Gasteiger partial charge on any atom is -0.324 e. The van der Waals surface area contributed by atoms with Gasteiger partial charge in [-0.2, -0.15) is 4.99 Å². The normalized spacial score (nSPS) is 19.5. The quantitative estimate of drug-likeness (QED) is 0.762. The molecule has 2 heterocycles. The third kappa shape index (κ3) is 3.01. The number of rotatable bonds is 2. The average molecular weight is 317 g/mol. The van der Waals surface area contributed by atoms with Gasteiger partial charge < -0.3 is 5.32 Å². The standard InChI is InChI=1S/C15H16FN5O2/c1-8(2)13-19-15-18-12(22)7-11(21(15)20-13)14(23)17-10-5-3-9(16)4-6-10/h3-6,11,20H,7H2,1-2H3,(H,17,23)(H,18,19,22). The van der Waals surface area contributed by atoms with Crippen LogP contribution in [0.5, 0.6) is 0 Å². The smallest absolute Gasteiger partial charge is 0.249 e. The molecule has 120 valence electrons. The molecule has 8 heteroatoms. The predicted molar refractivity (Wildman–Crippen MR) is 82.4 cm³/mol. The van der Waals surface area contributed by atoms with E-state index in [2.05, 4.69) is 21.1 Å². The molecule has 23 heavy (non-hydrogen) atoms. The molecule has 0 bridgehead atoms. The molecule has 2 amide bonds. The fourth-order valence-electron chi connectivity index (χ4n) is 2.30. The first-order chi connectivity index (χ1) is 10.9. The number of hydrogen-bond donors (Lipinski definition) is 3. The number of carbonyl (C=O) groups is 2. The van der Waals surface area contributed by atoms with Crippen LogP contribution < -0.4 is 16.1 Å². The number of guanidine groups is 1. The van der Waals surface area contributed by atoms with E-state index in [9.17, 15) is 14.0 Å². The number of halogens is 1. The van der Waals surface area contributed by atoms with E-state index >= 15 is 0 Å². The van der Waals surface area contributed by atoms with E-state index in [1.54, 1.807) is 0 Å². The Kier molecular flexibility index (Phi) is 3.73. The fraction of sp³-hybridized carbons (Fsp3) is 0.267. The third-order valence-electron chi connectivity index (χ3n) is 3.50. The minimum atomic E-state index is -0.746. The van der Waals surface area contributed by atoms with Crippen molar-refractivity contribution in [1.82, 2.24) is 15.8 Å². The summed E-state index contributed by atoms with van der Waals surface area (Å²) in [4.78, 5) is 28.5. The molecule has 0 saturated carbocycles. The van der Waals surface area contributed by atoms with Crippen molar-refractivity contribution in [2.45, 2.75) is 26.3 Å². The van der Waals surface area contributed by atoms with E-state index in [-0.39, 0.29) is 24.1 Å². The number of benzene rings is 1. The Morgan fingerprint density at radius 1 is 1.35 bits per heavy atom. The van der Waals surface area contributed by atoms with Crippen molar-refractivity contribution in [2.75, 3.05) is 5.32 Å². The number of nitrogens with one attached hydrogen (secondary N) is 3. The van der Waals surface area contributed by atoms with Gasteiger partial charge in [-0.1, -0.05) is 0 Å². The van der Waals surface area contributed by atoms with E-state index in [0.29, 0.717) is 17.5 Å². The lowest BCUT2D eigenvalue weighted by Crippen LogP contribution is -2.61. The van der Waals surface area contributed by atoms with E-state index in [0.717, 1.165) is 5.57 Å². The van der Waals surface area contributed by atoms with Crippen molar-refractivity contribution >= 4 is 23.5 Å². The molecule has 3 N–H and O–H groups in total. The molecule has 1 saturated heterocycles. The summed E-state index contributed by atoms with van der Waals surface area (Å²) in [7, 11) is 0. The van der Waals surface area contributed by atoms with E-state index in [4.69, 9.17) is 0 Å². The molecule has 1 unspecified atom stereocenters. The number of carbonyl (C=O) groups excluding carboxylic acids is 2. The summed E-state index contributed by atoms with van der Waals surface area (Å²) in [5.74, 6) is -0.139. The van der Waals surface area contributed by atoms with Crippen molar-refractivity contribution in [3.05, 3.63) is 41.5 Å². The van der Waals surface area contributed by atoms with Gasteiger partial charge in [0.1, 0.15) is 17.7 Å². The van der Waals surface area contributed by atoms with Crippen LogP contribution in [0.4, 0.5) is 10.1 Å². The van der Waals surface area contributed by atoms with Crippen molar-refractivity contribution in [2.24, 2.45) is 4.99 Å². The predicted octanol–water partition coefficient (Wildman–Crippen LogP) is 1.08. The SMILES string of the molecule is CC(C)=C1N=C2NC(=O)CC(C(=O)Nc3ccc(F)cc3)N2N1. The maximum Gasteiger partial charge on any atom is 0.249 e.